The van der Waals surface area contributed by atoms with Crippen LogP contribution >= 0.6 is 22.7 Å². The molecule has 4 rings (SSSR count). The lowest BCUT2D eigenvalue weighted by Gasteiger charge is -2.19. The van der Waals surface area contributed by atoms with Gasteiger partial charge in [-0.2, -0.15) is 0 Å². The van der Waals surface area contributed by atoms with Crippen LogP contribution in [0.1, 0.15) is 36.2 Å². The zero-order valence-electron chi connectivity index (χ0n) is 14.2. The zero-order chi connectivity index (χ0) is 17.4. The Bertz CT molecular complexity index is 1080. The predicted molar refractivity (Wildman–Crippen MR) is 104 cm³/mol. The van der Waals surface area contributed by atoms with Crippen LogP contribution in [0.4, 0.5) is 0 Å². The number of thiophene rings is 1. The molecule has 0 aliphatic heterocycles. The monoisotopic (exact) mass is 362 g/mol. The molecule has 0 aliphatic rings. The van der Waals surface area contributed by atoms with Gasteiger partial charge in [0.15, 0.2) is 5.01 Å². The number of aromatic nitrogens is 3. The van der Waals surface area contributed by atoms with Crippen molar-refractivity contribution >= 4 is 28.3 Å². The third-order valence-corrected chi connectivity index (χ3v) is 5.48. The molecule has 1 radical (unpaired) electrons. The molecule has 0 N–H and O–H groups in total. The first-order chi connectivity index (χ1) is 12.0. The van der Waals surface area contributed by atoms with Gasteiger partial charge in [0, 0.05) is 23.3 Å². The Morgan fingerprint density at radius 3 is 2.80 bits per heavy atom. The van der Waals surface area contributed by atoms with E-state index in [4.69, 9.17) is 4.98 Å². The van der Waals surface area contributed by atoms with Gasteiger partial charge in [-0.05, 0) is 35.5 Å². The molecule has 0 amide bonds. The molecule has 0 atom stereocenters. The molecule has 123 valence electrons. The van der Waals surface area contributed by atoms with Crippen molar-refractivity contribution in [3.63, 3.8) is 0 Å². The Hall–Kier alpha value is -2.42. The first-order valence-corrected chi connectivity index (χ1v) is 9.63. The van der Waals surface area contributed by atoms with Crippen LogP contribution in [0.3, 0.4) is 0 Å². The van der Waals surface area contributed by atoms with E-state index in [9.17, 15) is 0 Å². The van der Waals surface area contributed by atoms with Gasteiger partial charge in [-0.15, -0.1) is 22.7 Å². The lowest BCUT2D eigenvalue weighted by Crippen LogP contribution is -2.12. The Morgan fingerprint density at radius 2 is 2.04 bits per heavy atom. The second-order valence-corrected chi connectivity index (χ2v) is 8.67. The molecule has 0 saturated heterocycles. The van der Waals surface area contributed by atoms with Gasteiger partial charge in [-0.25, -0.2) is 9.97 Å². The fourth-order valence-corrected chi connectivity index (χ4v) is 3.86. The van der Waals surface area contributed by atoms with Crippen LogP contribution in [-0.4, -0.2) is 14.4 Å². The highest BCUT2D eigenvalue weighted by Gasteiger charge is 2.19. The van der Waals surface area contributed by atoms with E-state index in [-0.39, 0.29) is 5.41 Å². The first kappa shape index (κ1) is 16.1. The van der Waals surface area contributed by atoms with E-state index < -0.39 is 0 Å². The largest absolute Gasteiger partial charge is 0.297 e. The van der Waals surface area contributed by atoms with E-state index in [1.54, 1.807) is 28.9 Å². The number of imidazole rings is 1. The standard InChI is InChI=1S/C20H16N3S2/c1-20(2,3)15-5-4-11-23-13-16(22-19(15)23)17-8-6-14(25-17)7-9-18-21-10-12-24-18/h4-6,8,10-12H,1-3H3. The summed E-state index contributed by atoms with van der Waals surface area (Å²) in [6.45, 7) is 6.61. The van der Waals surface area contributed by atoms with Crippen molar-refractivity contribution < 1.29 is 0 Å². The number of rotatable bonds is 1. The zero-order valence-corrected chi connectivity index (χ0v) is 15.8. The maximum atomic E-state index is 4.83. The normalized spacial score (nSPS) is 11.5. The number of pyridine rings is 1. The number of hydrogen-bond donors (Lipinski definition) is 0. The van der Waals surface area contributed by atoms with Crippen LogP contribution in [0.2, 0.25) is 0 Å². The molecular weight excluding hydrogens is 346 g/mol. The van der Waals surface area contributed by atoms with Crippen LogP contribution in [0.5, 0.6) is 0 Å². The molecular formula is C20H16N3S2. The lowest BCUT2D eigenvalue weighted by molar-refractivity contribution is 0.591. The smallest absolute Gasteiger partial charge is 0.167 e. The van der Waals surface area contributed by atoms with Gasteiger partial charge in [0.1, 0.15) is 17.5 Å². The van der Waals surface area contributed by atoms with E-state index in [1.165, 1.54) is 5.56 Å². The van der Waals surface area contributed by atoms with Crippen molar-refractivity contribution in [2.75, 3.05) is 0 Å². The summed E-state index contributed by atoms with van der Waals surface area (Å²) in [6.07, 6.45) is 7.13. The Kier molecular flexibility index (Phi) is 3.95. The third kappa shape index (κ3) is 3.23. The second-order valence-electron chi connectivity index (χ2n) is 6.69. The van der Waals surface area contributed by atoms with Crippen LogP contribution in [-0.2, 0) is 5.41 Å². The minimum Gasteiger partial charge on any atom is -0.297 e. The molecule has 4 aromatic heterocycles. The van der Waals surface area contributed by atoms with Crippen molar-refractivity contribution in [1.29, 1.82) is 0 Å². The summed E-state index contributed by atoms with van der Waals surface area (Å²) in [5, 5.41) is 2.77. The van der Waals surface area contributed by atoms with Gasteiger partial charge in [0.05, 0.1) is 9.75 Å². The number of thiazole rings is 1. The summed E-state index contributed by atoms with van der Waals surface area (Å²) in [5.74, 6) is 6.27. The van der Waals surface area contributed by atoms with E-state index in [2.05, 4.69) is 62.0 Å². The highest BCUT2D eigenvalue weighted by Crippen LogP contribution is 2.30. The molecule has 0 fully saturated rings. The average molecular weight is 363 g/mol. The number of nitrogens with zero attached hydrogens (tertiary/aromatic N) is 3. The van der Waals surface area contributed by atoms with Gasteiger partial charge in [-0.3, -0.25) is 4.40 Å². The van der Waals surface area contributed by atoms with E-state index in [1.807, 2.05) is 22.0 Å². The molecule has 0 bridgehead atoms. The highest BCUT2D eigenvalue weighted by molar-refractivity contribution is 7.16. The van der Waals surface area contributed by atoms with Gasteiger partial charge < -0.3 is 0 Å². The average Bonchev–Trinajstić information content (AvgIpc) is 3.30. The molecule has 0 unspecified atom stereocenters. The van der Waals surface area contributed by atoms with E-state index in [0.717, 1.165) is 26.1 Å². The third-order valence-electron chi connectivity index (χ3n) is 3.78. The molecule has 4 aromatic rings. The van der Waals surface area contributed by atoms with Gasteiger partial charge in [-0.1, -0.05) is 26.8 Å². The molecule has 0 aromatic carbocycles. The van der Waals surface area contributed by atoms with Crippen molar-refractivity contribution in [2.24, 2.45) is 0 Å². The molecule has 0 saturated carbocycles. The Balaban J connectivity index is 1.71. The molecule has 5 heteroatoms. The molecule has 3 nitrogen and oxygen atoms in total. The number of hydrogen-bond acceptors (Lipinski definition) is 4. The minimum atomic E-state index is 0.0404. The number of fused-ring (bicyclic) bond motifs is 1. The summed E-state index contributed by atoms with van der Waals surface area (Å²) >= 11 is 3.18. The summed E-state index contributed by atoms with van der Waals surface area (Å²) in [7, 11) is 0. The van der Waals surface area contributed by atoms with Crippen LogP contribution < -0.4 is 0 Å². The highest BCUT2D eigenvalue weighted by atomic mass is 32.1. The topological polar surface area (TPSA) is 30.2 Å². The van der Waals surface area contributed by atoms with E-state index >= 15 is 0 Å². The first-order valence-electron chi connectivity index (χ1n) is 7.93. The van der Waals surface area contributed by atoms with Gasteiger partial charge in [0.25, 0.3) is 0 Å². The Labute approximate surface area is 155 Å². The lowest BCUT2D eigenvalue weighted by atomic mass is 9.88. The SMILES string of the molecule is CC(C)(C)c1cccn2[c]c(-c3ccc(C#Cc4nccs4)s3)nc12. The summed E-state index contributed by atoms with van der Waals surface area (Å²) in [6, 6.07) is 8.28. The predicted octanol–water partition coefficient (Wildman–Crippen LogP) is 5.02. The van der Waals surface area contributed by atoms with Gasteiger partial charge >= 0.3 is 0 Å². The maximum Gasteiger partial charge on any atom is 0.167 e. The molecule has 0 aliphatic carbocycles. The van der Waals surface area contributed by atoms with Crippen molar-refractivity contribution in [1.82, 2.24) is 14.4 Å². The molecule has 4 heterocycles. The molecule has 25 heavy (non-hydrogen) atoms. The van der Waals surface area contributed by atoms with Gasteiger partial charge in [0.2, 0.25) is 0 Å². The van der Waals surface area contributed by atoms with Crippen molar-refractivity contribution in [3.8, 4) is 22.4 Å². The summed E-state index contributed by atoms with van der Waals surface area (Å²) in [5.41, 5.74) is 3.09. The van der Waals surface area contributed by atoms with Crippen LogP contribution in [0, 0.1) is 18.0 Å². The molecule has 0 spiro atoms. The van der Waals surface area contributed by atoms with E-state index in [0.29, 0.717) is 0 Å². The Morgan fingerprint density at radius 1 is 1.16 bits per heavy atom. The minimum absolute atomic E-state index is 0.0404. The fourth-order valence-electron chi connectivity index (χ4n) is 2.58. The fraction of sp³-hybridized carbons (Fsp3) is 0.200. The summed E-state index contributed by atoms with van der Waals surface area (Å²) < 4.78 is 1.98. The van der Waals surface area contributed by atoms with Crippen molar-refractivity contribution in [3.05, 3.63) is 63.7 Å². The van der Waals surface area contributed by atoms with Crippen molar-refractivity contribution in [2.45, 2.75) is 26.2 Å². The maximum absolute atomic E-state index is 4.83. The quantitative estimate of drug-likeness (QED) is 0.445. The van der Waals surface area contributed by atoms with Crippen LogP contribution in [0.15, 0.2) is 42.0 Å². The second kappa shape index (κ2) is 6.14. The summed E-state index contributed by atoms with van der Waals surface area (Å²) in [4.78, 5) is 11.1. The van der Waals surface area contributed by atoms with Crippen LogP contribution in [0.25, 0.3) is 16.2 Å².